The molecule has 4 heteroatoms. The number of benzene rings is 1. The highest BCUT2D eigenvalue weighted by atomic mass is 16.5. The number of aryl methyl sites for hydroxylation is 1. The Hall–Kier alpha value is -2.36. The van der Waals surface area contributed by atoms with Crippen molar-refractivity contribution in [1.29, 1.82) is 0 Å². The molecular formula is C22H25NO3. The van der Waals surface area contributed by atoms with Crippen molar-refractivity contribution in [3.63, 3.8) is 0 Å². The second kappa shape index (κ2) is 7.48. The van der Waals surface area contributed by atoms with Crippen LogP contribution in [0.3, 0.4) is 0 Å². The van der Waals surface area contributed by atoms with Crippen molar-refractivity contribution in [3.8, 4) is 5.88 Å². The summed E-state index contributed by atoms with van der Waals surface area (Å²) in [6.45, 7) is 0. The molecular weight excluding hydrogens is 326 g/mol. The number of nitrogens with zero attached hydrogens (tertiary/aromatic N) is 1. The van der Waals surface area contributed by atoms with Gasteiger partial charge in [0.15, 0.2) is 0 Å². The number of hydrogen-bond donors (Lipinski definition) is 1. The molecule has 0 aliphatic heterocycles. The zero-order valence-corrected chi connectivity index (χ0v) is 15.0. The zero-order valence-electron chi connectivity index (χ0n) is 15.0. The number of rotatable bonds is 6. The monoisotopic (exact) mass is 351 g/mol. The van der Waals surface area contributed by atoms with E-state index in [0.29, 0.717) is 6.10 Å². The molecule has 0 spiro atoms. The third-order valence-corrected chi connectivity index (χ3v) is 5.48. The topological polar surface area (TPSA) is 59.4 Å². The minimum absolute atomic E-state index is 0.0737. The summed E-state index contributed by atoms with van der Waals surface area (Å²) in [6.07, 6.45) is 9.34. The summed E-state index contributed by atoms with van der Waals surface area (Å²) in [5, 5.41) is 8.90. The molecule has 0 bridgehead atoms. The first-order valence-corrected chi connectivity index (χ1v) is 9.65. The van der Waals surface area contributed by atoms with Crippen molar-refractivity contribution in [2.24, 2.45) is 0 Å². The summed E-state index contributed by atoms with van der Waals surface area (Å²) < 4.78 is 6.17. The van der Waals surface area contributed by atoms with Crippen LogP contribution in [-0.2, 0) is 30.5 Å². The average Bonchev–Trinajstić information content (AvgIpc) is 3.28. The van der Waals surface area contributed by atoms with Crippen molar-refractivity contribution in [2.75, 3.05) is 0 Å². The summed E-state index contributed by atoms with van der Waals surface area (Å²) in [4.78, 5) is 15.6. The predicted octanol–water partition coefficient (Wildman–Crippen LogP) is 4.11. The first-order valence-electron chi connectivity index (χ1n) is 9.65. The third-order valence-electron chi connectivity index (χ3n) is 5.48. The Morgan fingerprint density at radius 2 is 1.81 bits per heavy atom. The highest BCUT2D eigenvalue weighted by Crippen LogP contribution is 2.31. The molecule has 26 heavy (non-hydrogen) atoms. The SMILES string of the molecule is O=C(O)Cc1ccc(Cc2cc(OC3CCCC3)nc3c2CCC3)cc1. The standard InChI is InChI=1S/C22H25NO3/c24-22(25)13-16-10-8-15(9-11-16)12-17-14-21(26-18-4-1-2-5-18)23-20-7-3-6-19(17)20/h8-11,14,18H,1-7,12-13H2,(H,24,25). The van der Waals surface area contributed by atoms with Crippen LogP contribution in [0.5, 0.6) is 5.88 Å². The van der Waals surface area contributed by atoms with E-state index in [1.165, 1.54) is 41.6 Å². The van der Waals surface area contributed by atoms with Gasteiger partial charge in [0.2, 0.25) is 5.88 Å². The molecule has 0 atom stereocenters. The van der Waals surface area contributed by atoms with E-state index in [2.05, 4.69) is 6.07 Å². The Balaban J connectivity index is 1.54. The van der Waals surface area contributed by atoms with Crippen LogP contribution in [0, 0.1) is 0 Å². The molecule has 2 aliphatic rings. The van der Waals surface area contributed by atoms with Gasteiger partial charge in [0.05, 0.1) is 6.42 Å². The number of carboxylic acid groups (broad SMARTS) is 1. The second-order valence-corrected chi connectivity index (χ2v) is 7.49. The minimum atomic E-state index is -0.793. The van der Waals surface area contributed by atoms with Crippen LogP contribution in [0.2, 0.25) is 0 Å². The third kappa shape index (κ3) is 3.90. The van der Waals surface area contributed by atoms with Gasteiger partial charge in [0.1, 0.15) is 6.10 Å². The van der Waals surface area contributed by atoms with Gasteiger partial charge in [-0.3, -0.25) is 4.79 Å². The molecule has 1 fully saturated rings. The molecule has 0 unspecified atom stereocenters. The van der Waals surface area contributed by atoms with E-state index in [1.807, 2.05) is 24.3 Å². The summed E-state index contributed by atoms with van der Waals surface area (Å²) in [5.74, 6) is -0.00606. The Bertz CT molecular complexity index is 792. The Kier molecular flexibility index (Phi) is 4.91. The molecule has 1 heterocycles. The van der Waals surface area contributed by atoms with Crippen LogP contribution in [0.4, 0.5) is 0 Å². The fourth-order valence-corrected chi connectivity index (χ4v) is 4.16. The fourth-order valence-electron chi connectivity index (χ4n) is 4.16. The average molecular weight is 351 g/mol. The maximum atomic E-state index is 10.8. The van der Waals surface area contributed by atoms with E-state index in [9.17, 15) is 4.79 Å². The molecule has 2 aromatic rings. The molecule has 1 aromatic heterocycles. The summed E-state index contributed by atoms with van der Waals surface area (Å²) in [5.41, 5.74) is 5.94. The zero-order chi connectivity index (χ0) is 17.9. The van der Waals surface area contributed by atoms with Crippen molar-refractivity contribution in [2.45, 2.75) is 63.9 Å². The number of aromatic nitrogens is 1. The Morgan fingerprint density at radius 1 is 1.08 bits per heavy atom. The lowest BCUT2D eigenvalue weighted by molar-refractivity contribution is -0.136. The van der Waals surface area contributed by atoms with Crippen LogP contribution in [-0.4, -0.2) is 22.2 Å². The van der Waals surface area contributed by atoms with Crippen molar-refractivity contribution < 1.29 is 14.6 Å². The van der Waals surface area contributed by atoms with E-state index < -0.39 is 5.97 Å². The lowest BCUT2D eigenvalue weighted by Crippen LogP contribution is -2.13. The molecule has 136 valence electrons. The molecule has 4 nitrogen and oxygen atoms in total. The fraction of sp³-hybridized carbons (Fsp3) is 0.455. The van der Waals surface area contributed by atoms with Gasteiger partial charge in [-0.25, -0.2) is 4.98 Å². The van der Waals surface area contributed by atoms with Gasteiger partial charge in [0.25, 0.3) is 0 Å². The van der Waals surface area contributed by atoms with E-state index >= 15 is 0 Å². The molecule has 0 radical (unpaired) electrons. The van der Waals surface area contributed by atoms with Gasteiger partial charge in [-0.1, -0.05) is 24.3 Å². The number of carbonyl (C=O) groups is 1. The first-order chi connectivity index (χ1) is 12.7. The normalized spacial score (nSPS) is 16.6. The van der Waals surface area contributed by atoms with Gasteiger partial charge < -0.3 is 9.84 Å². The van der Waals surface area contributed by atoms with Gasteiger partial charge in [0, 0.05) is 11.8 Å². The van der Waals surface area contributed by atoms with Crippen molar-refractivity contribution >= 4 is 5.97 Å². The van der Waals surface area contributed by atoms with Crippen LogP contribution in [0.1, 0.15) is 60.1 Å². The van der Waals surface area contributed by atoms with E-state index in [-0.39, 0.29) is 6.42 Å². The summed E-state index contributed by atoms with van der Waals surface area (Å²) >= 11 is 0. The quantitative estimate of drug-likeness (QED) is 0.851. The highest BCUT2D eigenvalue weighted by molar-refractivity contribution is 5.70. The number of aliphatic carboxylic acids is 1. The lowest BCUT2D eigenvalue weighted by Gasteiger charge is -2.16. The number of ether oxygens (including phenoxy) is 1. The summed E-state index contributed by atoms with van der Waals surface area (Å²) in [6, 6.07) is 10.0. The van der Waals surface area contributed by atoms with Crippen LogP contribution in [0.15, 0.2) is 30.3 Å². The molecule has 0 amide bonds. The van der Waals surface area contributed by atoms with E-state index in [1.54, 1.807) is 0 Å². The molecule has 1 saturated carbocycles. The molecule has 0 saturated heterocycles. The van der Waals surface area contributed by atoms with Crippen LogP contribution in [0.25, 0.3) is 0 Å². The molecule has 1 aromatic carbocycles. The van der Waals surface area contributed by atoms with Gasteiger partial charge in [-0.15, -0.1) is 0 Å². The number of carboxylic acids is 1. The number of pyridine rings is 1. The maximum Gasteiger partial charge on any atom is 0.307 e. The Morgan fingerprint density at radius 3 is 2.54 bits per heavy atom. The molecule has 1 N–H and O–H groups in total. The smallest absolute Gasteiger partial charge is 0.307 e. The van der Waals surface area contributed by atoms with Crippen molar-refractivity contribution in [1.82, 2.24) is 4.98 Å². The van der Waals surface area contributed by atoms with Crippen LogP contribution < -0.4 is 4.74 Å². The van der Waals surface area contributed by atoms with Gasteiger partial charge in [-0.2, -0.15) is 0 Å². The Labute approximate surface area is 154 Å². The number of fused-ring (bicyclic) bond motifs is 1. The second-order valence-electron chi connectivity index (χ2n) is 7.49. The van der Waals surface area contributed by atoms with Crippen molar-refractivity contribution in [3.05, 3.63) is 58.3 Å². The minimum Gasteiger partial charge on any atom is -0.481 e. The highest BCUT2D eigenvalue weighted by Gasteiger charge is 2.21. The van der Waals surface area contributed by atoms with Gasteiger partial charge >= 0.3 is 5.97 Å². The van der Waals surface area contributed by atoms with E-state index in [4.69, 9.17) is 14.8 Å². The van der Waals surface area contributed by atoms with Crippen LogP contribution >= 0.6 is 0 Å². The largest absolute Gasteiger partial charge is 0.481 e. The molecule has 2 aliphatic carbocycles. The van der Waals surface area contributed by atoms with E-state index in [0.717, 1.165) is 43.5 Å². The summed E-state index contributed by atoms with van der Waals surface area (Å²) in [7, 11) is 0. The first kappa shape index (κ1) is 17.1. The maximum absolute atomic E-state index is 10.8. The van der Waals surface area contributed by atoms with Gasteiger partial charge in [-0.05, 0) is 73.6 Å². The number of hydrogen-bond acceptors (Lipinski definition) is 3. The predicted molar refractivity (Wildman–Crippen MR) is 99.7 cm³/mol. The molecule has 4 rings (SSSR count). The lowest BCUT2D eigenvalue weighted by atomic mass is 9.98.